The van der Waals surface area contributed by atoms with E-state index in [-0.39, 0.29) is 17.8 Å². The van der Waals surface area contributed by atoms with Crippen LogP contribution in [0.3, 0.4) is 0 Å². The Bertz CT molecular complexity index is 1220. The SMILES string of the molecule is COc1ccccc1Oc1nccc(-c2[c]nc(Oc3cccc(C(F)(F)F)c3)nc2)n1. The summed E-state index contributed by atoms with van der Waals surface area (Å²) in [4.78, 5) is 16.3. The molecule has 0 spiro atoms. The molecule has 2 heterocycles. The molecule has 7 nitrogen and oxygen atoms in total. The van der Waals surface area contributed by atoms with Crippen LogP contribution in [0.4, 0.5) is 13.2 Å². The fourth-order valence-corrected chi connectivity index (χ4v) is 2.64. The van der Waals surface area contributed by atoms with E-state index < -0.39 is 11.7 Å². The highest BCUT2D eigenvalue weighted by atomic mass is 19.4. The second-order valence-electron chi connectivity index (χ2n) is 6.28. The molecular formula is C22H14F3N4O3. The van der Waals surface area contributed by atoms with Crippen molar-refractivity contribution in [2.45, 2.75) is 6.18 Å². The standard InChI is InChI=1S/C22H14F3N4O3/c1-30-18-7-2-3-8-19(18)32-21-26-10-9-17(29-21)14-12-27-20(28-13-14)31-16-6-4-5-15(11-16)22(23,24)25/h2-12H,1H3. The van der Waals surface area contributed by atoms with Crippen LogP contribution in [-0.4, -0.2) is 27.0 Å². The maximum Gasteiger partial charge on any atom is 0.416 e. The van der Waals surface area contributed by atoms with Crippen LogP contribution in [0.15, 0.2) is 67.0 Å². The van der Waals surface area contributed by atoms with Gasteiger partial charge in [-0.1, -0.05) is 18.2 Å². The monoisotopic (exact) mass is 439 g/mol. The zero-order valence-electron chi connectivity index (χ0n) is 16.5. The van der Waals surface area contributed by atoms with Gasteiger partial charge >= 0.3 is 18.2 Å². The predicted molar refractivity (Wildman–Crippen MR) is 106 cm³/mol. The Labute approximate surface area is 180 Å². The lowest BCUT2D eigenvalue weighted by atomic mass is 10.2. The van der Waals surface area contributed by atoms with Crippen molar-refractivity contribution < 1.29 is 27.4 Å². The van der Waals surface area contributed by atoms with Crippen molar-refractivity contribution >= 4 is 0 Å². The van der Waals surface area contributed by atoms with Gasteiger partial charge in [0, 0.05) is 18.0 Å². The van der Waals surface area contributed by atoms with Crippen LogP contribution in [0.25, 0.3) is 11.3 Å². The molecule has 0 atom stereocenters. The number of para-hydroxylation sites is 2. The lowest BCUT2D eigenvalue weighted by Gasteiger charge is -2.09. The minimum Gasteiger partial charge on any atom is -0.493 e. The Morgan fingerprint density at radius 2 is 1.69 bits per heavy atom. The first-order valence-corrected chi connectivity index (χ1v) is 9.16. The number of aromatic nitrogens is 4. The number of benzene rings is 2. The summed E-state index contributed by atoms with van der Waals surface area (Å²) in [6.45, 7) is 0. The summed E-state index contributed by atoms with van der Waals surface area (Å²) < 4.78 is 54.7. The van der Waals surface area contributed by atoms with Gasteiger partial charge in [-0.2, -0.15) is 23.1 Å². The maximum absolute atomic E-state index is 12.8. The third-order valence-corrected chi connectivity index (χ3v) is 4.13. The normalized spacial score (nSPS) is 11.1. The Kier molecular flexibility index (Phi) is 5.84. The quantitative estimate of drug-likeness (QED) is 0.401. The van der Waals surface area contributed by atoms with Gasteiger partial charge in [-0.3, -0.25) is 0 Å². The van der Waals surface area contributed by atoms with Gasteiger partial charge in [-0.05, 0) is 36.4 Å². The average Bonchev–Trinajstić information content (AvgIpc) is 2.80. The first kappa shape index (κ1) is 21.0. The molecule has 161 valence electrons. The molecule has 32 heavy (non-hydrogen) atoms. The van der Waals surface area contributed by atoms with Gasteiger partial charge in [0.25, 0.3) is 0 Å². The van der Waals surface area contributed by atoms with Crippen LogP contribution in [-0.2, 0) is 6.18 Å². The molecule has 4 rings (SSSR count). The van der Waals surface area contributed by atoms with Gasteiger partial charge in [0.1, 0.15) is 11.9 Å². The Balaban J connectivity index is 1.50. The van der Waals surface area contributed by atoms with Crippen molar-refractivity contribution in [2.24, 2.45) is 0 Å². The van der Waals surface area contributed by atoms with Crippen molar-refractivity contribution in [3.8, 4) is 40.5 Å². The highest BCUT2D eigenvalue weighted by Gasteiger charge is 2.30. The molecule has 0 fully saturated rings. The molecule has 0 bridgehead atoms. The predicted octanol–water partition coefficient (Wildman–Crippen LogP) is 5.35. The second kappa shape index (κ2) is 8.88. The highest BCUT2D eigenvalue weighted by Crippen LogP contribution is 2.32. The molecule has 2 aromatic heterocycles. The molecule has 0 saturated carbocycles. The Morgan fingerprint density at radius 3 is 2.41 bits per heavy atom. The molecule has 0 N–H and O–H groups in total. The molecule has 2 aromatic carbocycles. The van der Waals surface area contributed by atoms with Crippen molar-refractivity contribution in [1.29, 1.82) is 0 Å². The van der Waals surface area contributed by atoms with E-state index in [4.69, 9.17) is 14.2 Å². The fraction of sp³-hybridized carbons (Fsp3) is 0.0909. The summed E-state index contributed by atoms with van der Waals surface area (Å²) in [5, 5.41) is 0. The lowest BCUT2D eigenvalue weighted by Crippen LogP contribution is -2.04. The van der Waals surface area contributed by atoms with Crippen LogP contribution in [0.5, 0.6) is 29.3 Å². The number of alkyl halides is 3. The molecule has 0 aliphatic carbocycles. The zero-order chi connectivity index (χ0) is 22.6. The number of methoxy groups -OCH3 is 1. The van der Waals surface area contributed by atoms with Crippen LogP contribution < -0.4 is 14.2 Å². The molecule has 0 aliphatic rings. The van der Waals surface area contributed by atoms with Crippen molar-refractivity contribution in [1.82, 2.24) is 19.9 Å². The minimum absolute atomic E-state index is 0.0458. The molecule has 0 amide bonds. The van der Waals surface area contributed by atoms with Crippen LogP contribution in [0.2, 0.25) is 0 Å². The summed E-state index contributed by atoms with van der Waals surface area (Å²) in [7, 11) is 1.52. The van der Waals surface area contributed by atoms with E-state index in [2.05, 4.69) is 26.1 Å². The van der Waals surface area contributed by atoms with E-state index in [1.807, 2.05) is 0 Å². The van der Waals surface area contributed by atoms with Crippen LogP contribution >= 0.6 is 0 Å². The van der Waals surface area contributed by atoms with Gasteiger partial charge in [0.15, 0.2) is 11.5 Å². The summed E-state index contributed by atoms with van der Waals surface area (Å²) in [6.07, 6.45) is 1.10. The molecule has 4 aromatic rings. The number of nitrogens with zero attached hydrogens (tertiary/aromatic N) is 4. The van der Waals surface area contributed by atoms with Gasteiger partial charge in [0.2, 0.25) is 0 Å². The van der Waals surface area contributed by atoms with Crippen LogP contribution in [0, 0.1) is 6.20 Å². The van der Waals surface area contributed by atoms with E-state index in [1.165, 1.54) is 31.6 Å². The van der Waals surface area contributed by atoms with Crippen molar-refractivity contribution in [2.75, 3.05) is 7.11 Å². The third-order valence-electron chi connectivity index (χ3n) is 4.13. The third kappa shape index (κ3) is 4.91. The van der Waals surface area contributed by atoms with Gasteiger partial charge in [-0.25, -0.2) is 9.97 Å². The van der Waals surface area contributed by atoms with E-state index >= 15 is 0 Å². The zero-order valence-corrected chi connectivity index (χ0v) is 16.5. The summed E-state index contributed by atoms with van der Waals surface area (Å²) in [5.74, 6) is 0.917. The topological polar surface area (TPSA) is 79.2 Å². The molecule has 10 heteroatoms. The smallest absolute Gasteiger partial charge is 0.416 e. The second-order valence-corrected chi connectivity index (χ2v) is 6.28. The van der Waals surface area contributed by atoms with Gasteiger partial charge < -0.3 is 14.2 Å². The number of hydrogen-bond acceptors (Lipinski definition) is 7. The van der Waals surface area contributed by atoms with Crippen molar-refractivity contribution in [3.63, 3.8) is 0 Å². The minimum atomic E-state index is -4.48. The maximum atomic E-state index is 12.8. The van der Waals surface area contributed by atoms with Gasteiger partial charge in [-0.15, -0.1) is 0 Å². The molecule has 0 unspecified atom stereocenters. The van der Waals surface area contributed by atoms with Gasteiger partial charge in [0.05, 0.1) is 18.4 Å². The Hall–Kier alpha value is -4.21. The lowest BCUT2D eigenvalue weighted by molar-refractivity contribution is -0.137. The highest BCUT2D eigenvalue weighted by molar-refractivity contribution is 5.56. The van der Waals surface area contributed by atoms with Crippen molar-refractivity contribution in [3.05, 3.63) is 78.8 Å². The van der Waals surface area contributed by atoms with E-state index in [1.54, 1.807) is 30.3 Å². The molecular weight excluding hydrogens is 425 g/mol. The number of halogens is 3. The van der Waals surface area contributed by atoms with E-state index in [0.717, 1.165) is 12.1 Å². The first-order valence-electron chi connectivity index (χ1n) is 9.16. The first-order chi connectivity index (χ1) is 15.4. The summed E-state index contributed by atoms with van der Waals surface area (Å²) in [6, 6.07) is 13.0. The van der Waals surface area contributed by atoms with E-state index in [0.29, 0.717) is 22.8 Å². The molecule has 1 radical (unpaired) electrons. The van der Waals surface area contributed by atoms with E-state index in [9.17, 15) is 13.2 Å². The number of rotatable bonds is 6. The summed E-state index contributed by atoms with van der Waals surface area (Å²) in [5.41, 5.74) is 0.00310. The molecule has 0 saturated heterocycles. The van der Waals surface area contributed by atoms with Crippen LogP contribution in [0.1, 0.15) is 5.56 Å². The Morgan fingerprint density at radius 1 is 0.875 bits per heavy atom. The average molecular weight is 439 g/mol. The summed E-state index contributed by atoms with van der Waals surface area (Å²) >= 11 is 0. The fourth-order valence-electron chi connectivity index (χ4n) is 2.64. The number of hydrogen-bond donors (Lipinski definition) is 0. The molecule has 0 aliphatic heterocycles. The number of ether oxygens (including phenoxy) is 3. The largest absolute Gasteiger partial charge is 0.493 e.